The van der Waals surface area contributed by atoms with Gasteiger partial charge in [-0.15, -0.1) is 0 Å². The highest BCUT2D eigenvalue weighted by atomic mass is 35.5. The summed E-state index contributed by atoms with van der Waals surface area (Å²) in [6, 6.07) is 11.8. The Hall–Kier alpha value is -2.71. The second-order valence-corrected chi connectivity index (χ2v) is 6.79. The summed E-state index contributed by atoms with van der Waals surface area (Å²) >= 11 is 7.22. The van der Waals surface area contributed by atoms with Crippen LogP contribution in [0.25, 0.3) is 11.3 Å². The Bertz CT molecular complexity index is 1010. The molecule has 0 radical (unpaired) electrons. The van der Waals surface area contributed by atoms with Gasteiger partial charge in [-0.25, -0.2) is 9.38 Å². The third-order valence-corrected chi connectivity index (χ3v) is 4.71. The van der Waals surface area contributed by atoms with E-state index in [9.17, 15) is 4.39 Å². The smallest absolute Gasteiger partial charge is 0.176 e. The van der Waals surface area contributed by atoms with Gasteiger partial charge < -0.3 is 14.8 Å². The number of ether oxygens (including phenoxy) is 2. The molecule has 0 aliphatic rings. The minimum atomic E-state index is -0.471. The molecule has 28 heavy (non-hydrogen) atoms. The van der Waals surface area contributed by atoms with Crippen LogP contribution < -0.4 is 14.8 Å². The summed E-state index contributed by atoms with van der Waals surface area (Å²) in [6.45, 7) is 0. The molecule has 3 aromatic rings. The van der Waals surface area contributed by atoms with E-state index < -0.39 is 5.82 Å². The van der Waals surface area contributed by atoms with Crippen LogP contribution in [0.1, 0.15) is 0 Å². The number of aromatic nitrogens is 2. The normalized spacial score (nSPS) is 11.4. The number of anilines is 1. The predicted molar refractivity (Wildman–Crippen MR) is 113 cm³/mol. The third-order valence-electron chi connectivity index (χ3n) is 3.84. The van der Waals surface area contributed by atoms with Crippen molar-refractivity contribution in [2.24, 2.45) is 4.99 Å². The lowest BCUT2D eigenvalue weighted by Crippen LogP contribution is -2.06. The molecule has 3 rings (SSSR count). The highest BCUT2D eigenvalue weighted by Crippen LogP contribution is 2.32. The average Bonchev–Trinajstić information content (AvgIpc) is 3.18. The molecule has 1 heterocycles. The lowest BCUT2D eigenvalue weighted by atomic mass is 10.1. The van der Waals surface area contributed by atoms with Gasteiger partial charge in [-0.2, -0.15) is 5.10 Å². The molecule has 9 heteroatoms. The van der Waals surface area contributed by atoms with Crippen molar-refractivity contribution >= 4 is 40.0 Å². The van der Waals surface area contributed by atoms with E-state index in [0.717, 1.165) is 11.3 Å². The van der Waals surface area contributed by atoms with Gasteiger partial charge in [0.2, 0.25) is 0 Å². The molecule has 0 aliphatic heterocycles. The van der Waals surface area contributed by atoms with Gasteiger partial charge in [-0.05, 0) is 42.7 Å². The number of nitrogens with one attached hydrogen (secondary N) is 2. The van der Waals surface area contributed by atoms with Crippen LogP contribution in [-0.4, -0.2) is 35.8 Å². The van der Waals surface area contributed by atoms with Crippen LogP contribution in [0.2, 0.25) is 5.02 Å². The van der Waals surface area contributed by atoms with Crippen LogP contribution in [-0.2, 0) is 0 Å². The van der Waals surface area contributed by atoms with E-state index in [-0.39, 0.29) is 5.02 Å². The average molecular weight is 421 g/mol. The fourth-order valence-corrected chi connectivity index (χ4v) is 3.03. The number of thioether (sulfide) groups is 1. The second-order valence-electron chi connectivity index (χ2n) is 5.58. The molecule has 0 saturated heterocycles. The predicted octanol–water partition coefficient (Wildman–Crippen LogP) is 5.35. The van der Waals surface area contributed by atoms with Crippen LogP contribution >= 0.6 is 23.4 Å². The first kappa shape index (κ1) is 20.0. The highest BCUT2D eigenvalue weighted by molar-refractivity contribution is 8.13. The quantitative estimate of drug-likeness (QED) is 0.430. The number of hydrogen-bond donors (Lipinski definition) is 2. The molecule has 146 valence electrons. The largest absolute Gasteiger partial charge is 0.493 e. The number of halogens is 2. The van der Waals surface area contributed by atoms with Crippen molar-refractivity contribution in [1.29, 1.82) is 0 Å². The fourth-order valence-electron chi connectivity index (χ4n) is 2.45. The van der Waals surface area contributed by atoms with Crippen LogP contribution in [0, 0.1) is 5.82 Å². The van der Waals surface area contributed by atoms with E-state index in [0.29, 0.717) is 28.2 Å². The number of methoxy groups -OCH3 is 2. The number of hydrogen-bond acceptors (Lipinski definition) is 5. The molecule has 2 aromatic carbocycles. The lowest BCUT2D eigenvalue weighted by Gasteiger charge is -2.08. The van der Waals surface area contributed by atoms with Crippen molar-refractivity contribution in [3.05, 3.63) is 53.3 Å². The van der Waals surface area contributed by atoms with Crippen molar-refractivity contribution in [2.45, 2.75) is 0 Å². The van der Waals surface area contributed by atoms with Gasteiger partial charge in [-0.3, -0.25) is 5.10 Å². The van der Waals surface area contributed by atoms with Gasteiger partial charge in [-0.1, -0.05) is 23.4 Å². The summed E-state index contributed by atoms with van der Waals surface area (Å²) in [6.07, 6.45) is 1.87. The SMILES string of the molecule is COc1ccc(-c2cc(N=C(Nc3ccc(F)c(Cl)c3)SC)n[nH]2)cc1OC. The van der Waals surface area contributed by atoms with E-state index in [4.69, 9.17) is 21.1 Å². The summed E-state index contributed by atoms with van der Waals surface area (Å²) < 4.78 is 23.9. The Kier molecular flexibility index (Phi) is 6.43. The minimum absolute atomic E-state index is 0.0426. The minimum Gasteiger partial charge on any atom is -0.493 e. The zero-order chi connectivity index (χ0) is 20.1. The summed E-state index contributed by atoms with van der Waals surface area (Å²) in [4.78, 5) is 4.48. The van der Waals surface area contributed by atoms with Gasteiger partial charge >= 0.3 is 0 Å². The van der Waals surface area contributed by atoms with Crippen molar-refractivity contribution in [3.63, 3.8) is 0 Å². The molecular formula is C19H18ClFN4O2S. The first-order valence-electron chi connectivity index (χ1n) is 8.16. The Morgan fingerprint density at radius 1 is 1.14 bits per heavy atom. The third kappa shape index (κ3) is 4.58. The molecule has 0 saturated carbocycles. The summed E-state index contributed by atoms with van der Waals surface area (Å²) in [5.41, 5.74) is 2.30. The molecule has 0 fully saturated rings. The Labute approximate surface area is 171 Å². The number of amidine groups is 1. The maximum atomic E-state index is 13.3. The van der Waals surface area contributed by atoms with E-state index in [2.05, 4.69) is 20.5 Å². The first-order valence-corrected chi connectivity index (χ1v) is 9.77. The standard InChI is InChI=1S/C19H18ClFN4O2S/c1-26-16-7-4-11(8-17(16)27-2)15-10-18(25-24-15)23-19(28-3)22-12-5-6-14(21)13(20)9-12/h4-10H,1-3H3,(H2,22,23,24,25). The number of aromatic amines is 1. The van der Waals surface area contributed by atoms with E-state index in [1.165, 1.54) is 23.9 Å². The molecule has 0 aliphatic carbocycles. The van der Waals surface area contributed by atoms with Crippen molar-refractivity contribution in [1.82, 2.24) is 10.2 Å². The highest BCUT2D eigenvalue weighted by Gasteiger charge is 2.10. The number of rotatable bonds is 5. The Morgan fingerprint density at radius 3 is 2.61 bits per heavy atom. The molecule has 0 amide bonds. The molecule has 0 unspecified atom stereocenters. The molecule has 1 aromatic heterocycles. The molecular weight excluding hydrogens is 403 g/mol. The van der Waals surface area contributed by atoms with Crippen LogP contribution in [0.5, 0.6) is 11.5 Å². The lowest BCUT2D eigenvalue weighted by molar-refractivity contribution is 0.355. The number of benzene rings is 2. The van der Waals surface area contributed by atoms with E-state index in [1.807, 2.05) is 30.5 Å². The molecule has 6 nitrogen and oxygen atoms in total. The maximum absolute atomic E-state index is 13.3. The van der Waals surface area contributed by atoms with Crippen LogP contribution in [0.4, 0.5) is 15.9 Å². The molecule has 0 atom stereocenters. The first-order chi connectivity index (χ1) is 13.5. The number of nitrogens with zero attached hydrogens (tertiary/aromatic N) is 2. The molecule has 0 spiro atoms. The van der Waals surface area contributed by atoms with E-state index >= 15 is 0 Å². The summed E-state index contributed by atoms with van der Waals surface area (Å²) in [5, 5.41) is 10.9. The topological polar surface area (TPSA) is 71.5 Å². The monoisotopic (exact) mass is 420 g/mol. The number of H-pyrrole nitrogens is 1. The van der Waals surface area contributed by atoms with Crippen LogP contribution in [0.3, 0.4) is 0 Å². The Balaban J connectivity index is 1.82. The van der Waals surface area contributed by atoms with Crippen molar-refractivity contribution < 1.29 is 13.9 Å². The van der Waals surface area contributed by atoms with E-state index in [1.54, 1.807) is 20.3 Å². The van der Waals surface area contributed by atoms with Gasteiger partial charge in [0.1, 0.15) is 5.82 Å². The molecule has 0 bridgehead atoms. The summed E-state index contributed by atoms with van der Waals surface area (Å²) in [5.74, 6) is 1.30. The fraction of sp³-hybridized carbons (Fsp3) is 0.158. The van der Waals surface area contributed by atoms with Gasteiger partial charge in [0, 0.05) is 17.3 Å². The van der Waals surface area contributed by atoms with Crippen molar-refractivity contribution in [3.8, 4) is 22.8 Å². The molecule has 2 N–H and O–H groups in total. The Morgan fingerprint density at radius 2 is 1.93 bits per heavy atom. The zero-order valence-electron chi connectivity index (χ0n) is 15.4. The van der Waals surface area contributed by atoms with Crippen LogP contribution in [0.15, 0.2) is 47.5 Å². The van der Waals surface area contributed by atoms with Gasteiger partial charge in [0.25, 0.3) is 0 Å². The zero-order valence-corrected chi connectivity index (χ0v) is 17.0. The summed E-state index contributed by atoms with van der Waals surface area (Å²) in [7, 11) is 3.17. The van der Waals surface area contributed by atoms with Crippen molar-refractivity contribution in [2.75, 3.05) is 25.8 Å². The maximum Gasteiger partial charge on any atom is 0.176 e. The number of aliphatic imine (C=N–C) groups is 1. The second kappa shape index (κ2) is 8.99. The van der Waals surface area contributed by atoms with Gasteiger partial charge in [0.05, 0.1) is 24.9 Å². The van der Waals surface area contributed by atoms with Gasteiger partial charge in [0.15, 0.2) is 22.5 Å².